The summed E-state index contributed by atoms with van der Waals surface area (Å²) < 4.78 is 0.601. The van der Waals surface area contributed by atoms with Gasteiger partial charge in [-0.25, -0.2) is 0 Å². The molecule has 0 aliphatic heterocycles. The highest BCUT2D eigenvalue weighted by atomic mass is 79.9. The number of amides is 1. The molecule has 0 saturated heterocycles. The van der Waals surface area contributed by atoms with E-state index in [1.807, 2.05) is 6.92 Å². The van der Waals surface area contributed by atoms with Gasteiger partial charge in [0.15, 0.2) is 0 Å². The van der Waals surface area contributed by atoms with Gasteiger partial charge in [-0.15, -0.1) is 0 Å². The van der Waals surface area contributed by atoms with E-state index < -0.39 is 5.60 Å². The van der Waals surface area contributed by atoms with Crippen molar-refractivity contribution in [2.24, 2.45) is 0 Å². The molecule has 3 N–H and O–H groups in total. The number of hydrogen-bond acceptors (Lipinski definition) is 3. The van der Waals surface area contributed by atoms with Gasteiger partial charge in [0, 0.05) is 18.8 Å². The minimum Gasteiger partial charge on any atom is -0.398 e. The summed E-state index contributed by atoms with van der Waals surface area (Å²) in [5.41, 5.74) is 5.88. The molecule has 1 aromatic rings. The second-order valence-corrected chi connectivity index (χ2v) is 5.63. The molecule has 0 atom stereocenters. The number of anilines is 1. The number of halogens is 1. The van der Waals surface area contributed by atoms with Crippen LogP contribution in [0.3, 0.4) is 0 Å². The molecule has 100 valence electrons. The standard InChI is InChI=1S/C13H19BrN2O2/c1-4-16(8-13(2,3)18)12(17)9-6-5-7-10(15)11(9)14/h5-7,18H,4,8,15H2,1-3H3. The van der Waals surface area contributed by atoms with E-state index in [0.717, 1.165) is 0 Å². The zero-order valence-corrected chi connectivity index (χ0v) is 12.5. The first-order chi connectivity index (χ1) is 8.26. The van der Waals surface area contributed by atoms with Gasteiger partial charge in [0.1, 0.15) is 0 Å². The lowest BCUT2D eigenvalue weighted by Crippen LogP contribution is -2.42. The maximum Gasteiger partial charge on any atom is 0.255 e. The second kappa shape index (κ2) is 5.71. The Morgan fingerprint density at radius 2 is 2.11 bits per heavy atom. The summed E-state index contributed by atoms with van der Waals surface area (Å²) in [5, 5.41) is 9.81. The van der Waals surface area contributed by atoms with Crippen LogP contribution in [0.4, 0.5) is 5.69 Å². The van der Waals surface area contributed by atoms with E-state index in [0.29, 0.717) is 22.3 Å². The van der Waals surface area contributed by atoms with Crippen LogP contribution in [0, 0.1) is 0 Å². The van der Waals surface area contributed by atoms with Crippen molar-refractivity contribution in [2.75, 3.05) is 18.8 Å². The van der Waals surface area contributed by atoms with Gasteiger partial charge in [-0.1, -0.05) is 6.07 Å². The molecule has 1 rings (SSSR count). The minimum atomic E-state index is -0.918. The number of hydrogen-bond donors (Lipinski definition) is 2. The monoisotopic (exact) mass is 314 g/mol. The van der Waals surface area contributed by atoms with Crippen molar-refractivity contribution in [3.8, 4) is 0 Å². The molecule has 0 aliphatic carbocycles. The van der Waals surface area contributed by atoms with E-state index in [1.54, 1.807) is 36.9 Å². The van der Waals surface area contributed by atoms with Crippen molar-refractivity contribution in [1.82, 2.24) is 4.90 Å². The lowest BCUT2D eigenvalue weighted by atomic mass is 10.1. The lowest BCUT2D eigenvalue weighted by molar-refractivity contribution is 0.0314. The molecule has 0 aliphatic rings. The van der Waals surface area contributed by atoms with Crippen molar-refractivity contribution in [2.45, 2.75) is 26.4 Å². The van der Waals surface area contributed by atoms with Gasteiger partial charge >= 0.3 is 0 Å². The molecule has 1 aromatic carbocycles. The lowest BCUT2D eigenvalue weighted by Gasteiger charge is -2.28. The maximum atomic E-state index is 12.4. The normalized spacial score (nSPS) is 11.4. The molecule has 0 unspecified atom stereocenters. The third-order valence-corrected chi connectivity index (χ3v) is 3.39. The van der Waals surface area contributed by atoms with E-state index in [9.17, 15) is 9.90 Å². The van der Waals surface area contributed by atoms with E-state index in [1.165, 1.54) is 0 Å². The predicted octanol–water partition coefficient (Wildman–Crippen LogP) is 2.26. The van der Waals surface area contributed by atoms with Gasteiger partial charge in [-0.3, -0.25) is 4.79 Å². The number of nitrogens with two attached hydrogens (primary N) is 1. The molecule has 0 fully saturated rings. The fourth-order valence-electron chi connectivity index (χ4n) is 1.68. The van der Waals surface area contributed by atoms with Crippen LogP contribution < -0.4 is 5.73 Å². The summed E-state index contributed by atoms with van der Waals surface area (Å²) in [6.45, 7) is 6.05. The Morgan fingerprint density at radius 1 is 1.50 bits per heavy atom. The minimum absolute atomic E-state index is 0.140. The topological polar surface area (TPSA) is 66.6 Å². The summed E-state index contributed by atoms with van der Waals surface area (Å²) >= 11 is 3.32. The molecule has 0 spiro atoms. The van der Waals surface area contributed by atoms with Crippen molar-refractivity contribution >= 4 is 27.5 Å². The largest absolute Gasteiger partial charge is 0.398 e. The van der Waals surface area contributed by atoms with Gasteiger partial charge in [-0.2, -0.15) is 0 Å². The first-order valence-electron chi connectivity index (χ1n) is 5.82. The molecule has 0 bridgehead atoms. The van der Waals surface area contributed by atoms with Crippen LogP contribution in [-0.2, 0) is 0 Å². The quantitative estimate of drug-likeness (QED) is 0.838. The van der Waals surface area contributed by atoms with E-state index in [2.05, 4.69) is 15.9 Å². The van der Waals surface area contributed by atoms with Gasteiger partial charge in [0.25, 0.3) is 5.91 Å². The molecular weight excluding hydrogens is 296 g/mol. The number of carbonyl (C=O) groups excluding carboxylic acids is 1. The van der Waals surface area contributed by atoms with Crippen molar-refractivity contribution in [1.29, 1.82) is 0 Å². The predicted molar refractivity (Wildman–Crippen MR) is 76.4 cm³/mol. The SMILES string of the molecule is CCN(CC(C)(C)O)C(=O)c1cccc(N)c1Br. The van der Waals surface area contributed by atoms with Crippen LogP contribution in [-0.4, -0.2) is 34.6 Å². The number of rotatable bonds is 4. The third kappa shape index (κ3) is 3.71. The third-order valence-electron chi connectivity index (χ3n) is 2.51. The van der Waals surface area contributed by atoms with Crippen LogP contribution in [0.5, 0.6) is 0 Å². The summed E-state index contributed by atoms with van der Waals surface area (Å²) in [6, 6.07) is 5.19. The molecule has 0 heterocycles. The fraction of sp³-hybridized carbons (Fsp3) is 0.462. The van der Waals surface area contributed by atoms with Crippen molar-refractivity contribution in [3.05, 3.63) is 28.2 Å². The number of likely N-dealkylation sites (N-methyl/N-ethyl adjacent to an activating group) is 1. The summed E-state index contributed by atoms with van der Waals surface area (Å²) in [4.78, 5) is 14.0. The molecule has 4 nitrogen and oxygen atoms in total. The number of benzene rings is 1. The van der Waals surface area contributed by atoms with Crippen molar-refractivity contribution < 1.29 is 9.90 Å². The van der Waals surface area contributed by atoms with Gasteiger partial charge in [0.2, 0.25) is 0 Å². The summed E-state index contributed by atoms with van der Waals surface area (Å²) in [7, 11) is 0. The molecule has 0 radical (unpaired) electrons. The molecule has 0 saturated carbocycles. The average Bonchev–Trinajstić information content (AvgIpc) is 2.27. The molecule has 5 heteroatoms. The second-order valence-electron chi connectivity index (χ2n) is 4.84. The fourth-order valence-corrected chi connectivity index (χ4v) is 2.11. The highest BCUT2D eigenvalue weighted by Crippen LogP contribution is 2.25. The zero-order valence-electron chi connectivity index (χ0n) is 10.9. The molecule has 1 amide bonds. The van der Waals surface area contributed by atoms with Crippen LogP contribution in [0.2, 0.25) is 0 Å². The Morgan fingerprint density at radius 3 is 2.61 bits per heavy atom. The van der Waals surface area contributed by atoms with Crippen LogP contribution in [0.25, 0.3) is 0 Å². The number of nitrogens with zero attached hydrogens (tertiary/aromatic N) is 1. The summed E-state index contributed by atoms with van der Waals surface area (Å²) in [6.07, 6.45) is 0. The van der Waals surface area contributed by atoms with Crippen LogP contribution >= 0.6 is 15.9 Å². The Bertz CT molecular complexity index is 441. The Kier molecular flexibility index (Phi) is 4.76. The van der Waals surface area contributed by atoms with Crippen LogP contribution in [0.1, 0.15) is 31.1 Å². The van der Waals surface area contributed by atoms with E-state index in [4.69, 9.17) is 5.73 Å². The molecule has 0 aromatic heterocycles. The Balaban J connectivity index is 3.01. The molecular formula is C13H19BrN2O2. The van der Waals surface area contributed by atoms with Crippen molar-refractivity contribution in [3.63, 3.8) is 0 Å². The summed E-state index contributed by atoms with van der Waals surface area (Å²) in [5.74, 6) is -0.140. The number of aliphatic hydroxyl groups is 1. The Labute approximate surface area is 116 Å². The highest BCUT2D eigenvalue weighted by molar-refractivity contribution is 9.10. The Hall–Kier alpha value is -1.07. The highest BCUT2D eigenvalue weighted by Gasteiger charge is 2.23. The van der Waals surface area contributed by atoms with Crippen LogP contribution in [0.15, 0.2) is 22.7 Å². The van der Waals surface area contributed by atoms with Gasteiger partial charge in [-0.05, 0) is 48.8 Å². The number of carbonyl (C=O) groups is 1. The molecule has 18 heavy (non-hydrogen) atoms. The smallest absolute Gasteiger partial charge is 0.255 e. The van der Waals surface area contributed by atoms with E-state index in [-0.39, 0.29) is 12.5 Å². The van der Waals surface area contributed by atoms with Gasteiger partial charge in [0.05, 0.1) is 15.6 Å². The average molecular weight is 315 g/mol. The zero-order chi connectivity index (χ0) is 13.9. The maximum absolute atomic E-state index is 12.4. The first-order valence-corrected chi connectivity index (χ1v) is 6.61. The first kappa shape index (κ1) is 15.0. The van der Waals surface area contributed by atoms with E-state index >= 15 is 0 Å². The van der Waals surface area contributed by atoms with Gasteiger partial charge < -0.3 is 15.7 Å². The number of nitrogen functional groups attached to an aromatic ring is 1.